The van der Waals surface area contributed by atoms with E-state index < -0.39 is 29.4 Å². The van der Waals surface area contributed by atoms with E-state index in [1.165, 1.54) is 18.2 Å². The molecule has 0 atom stereocenters. The van der Waals surface area contributed by atoms with Crippen molar-refractivity contribution in [1.29, 1.82) is 0 Å². The number of hydrogen-bond donors (Lipinski definition) is 1. The van der Waals surface area contributed by atoms with Gasteiger partial charge in [-0.1, -0.05) is 6.07 Å². The second-order valence-electron chi connectivity index (χ2n) is 6.52. The minimum atomic E-state index is -0.610. The lowest BCUT2D eigenvalue weighted by atomic mass is 10.2. The molecule has 0 radical (unpaired) electrons. The second-order valence-corrected chi connectivity index (χ2v) is 8.37. The maximum Gasteiger partial charge on any atom is 0.294 e. The van der Waals surface area contributed by atoms with Gasteiger partial charge in [0.05, 0.1) is 22.6 Å². The Bertz CT molecular complexity index is 1090. The fourth-order valence-electron chi connectivity index (χ4n) is 2.92. The lowest BCUT2D eigenvalue weighted by molar-refractivity contribution is -0.127. The molecule has 1 saturated heterocycles. The van der Waals surface area contributed by atoms with E-state index in [-0.39, 0.29) is 10.6 Å². The fourth-order valence-corrected chi connectivity index (χ4v) is 4.33. The van der Waals surface area contributed by atoms with E-state index in [9.17, 15) is 18.8 Å². The zero-order chi connectivity index (χ0) is 23.3. The van der Waals surface area contributed by atoms with Gasteiger partial charge in [0.25, 0.3) is 11.1 Å². The van der Waals surface area contributed by atoms with Crippen LogP contribution in [0.4, 0.5) is 14.9 Å². The Hall–Kier alpha value is -2.85. The van der Waals surface area contributed by atoms with E-state index in [4.69, 9.17) is 9.47 Å². The molecule has 1 N–H and O–H groups in total. The van der Waals surface area contributed by atoms with Gasteiger partial charge in [0.1, 0.15) is 12.4 Å². The summed E-state index contributed by atoms with van der Waals surface area (Å²) in [5, 5.41) is 1.91. The molecule has 1 heterocycles. The van der Waals surface area contributed by atoms with E-state index in [2.05, 4.69) is 21.2 Å². The van der Waals surface area contributed by atoms with Crippen LogP contribution in [0.3, 0.4) is 0 Å². The summed E-state index contributed by atoms with van der Waals surface area (Å²) in [5.41, 5.74) is 0.860. The monoisotopic (exact) mass is 522 g/mol. The van der Waals surface area contributed by atoms with Crippen molar-refractivity contribution in [2.24, 2.45) is 0 Å². The van der Waals surface area contributed by atoms with Crippen LogP contribution < -0.4 is 14.8 Å². The highest BCUT2D eigenvalue weighted by Crippen LogP contribution is 2.39. The van der Waals surface area contributed by atoms with Crippen LogP contribution >= 0.6 is 27.7 Å². The molecule has 0 bridgehead atoms. The number of hydrogen-bond acceptors (Lipinski definition) is 6. The van der Waals surface area contributed by atoms with Gasteiger partial charge in [-0.25, -0.2) is 4.39 Å². The minimum absolute atomic E-state index is 0.173. The molecule has 1 aliphatic heterocycles. The van der Waals surface area contributed by atoms with E-state index in [0.29, 0.717) is 34.7 Å². The van der Waals surface area contributed by atoms with Crippen molar-refractivity contribution in [2.75, 3.05) is 25.1 Å². The maximum atomic E-state index is 13.3. The summed E-state index contributed by atoms with van der Waals surface area (Å²) in [6.07, 6.45) is 1.55. The third kappa shape index (κ3) is 5.68. The number of imide groups is 1. The number of ether oxygens (including phenoxy) is 2. The number of carbonyl (C=O) groups is 3. The maximum absolute atomic E-state index is 13.3. The van der Waals surface area contributed by atoms with E-state index in [1.807, 2.05) is 13.8 Å². The van der Waals surface area contributed by atoms with Gasteiger partial charge in [-0.2, -0.15) is 0 Å². The second kappa shape index (κ2) is 10.6. The Balaban J connectivity index is 1.77. The molecular formula is C22H20BrFN2O5S. The summed E-state index contributed by atoms with van der Waals surface area (Å²) in [6.45, 7) is 4.10. The molecule has 0 aliphatic carbocycles. The fraction of sp³-hybridized carbons (Fsp3) is 0.227. The molecule has 7 nitrogen and oxygen atoms in total. The number of halogens is 2. The summed E-state index contributed by atoms with van der Waals surface area (Å²) in [7, 11) is 0. The average Bonchev–Trinajstić information content (AvgIpc) is 2.98. The van der Waals surface area contributed by atoms with Gasteiger partial charge in [0.2, 0.25) is 5.91 Å². The molecule has 0 aromatic heterocycles. The first-order valence-corrected chi connectivity index (χ1v) is 11.3. The van der Waals surface area contributed by atoms with Crippen molar-refractivity contribution in [3.63, 3.8) is 0 Å². The Morgan fingerprint density at radius 1 is 1.19 bits per heavy atom. The molecule has 3 rings (SSSR count). The standard InChI is InChI=1S/C22H20BrFN2O5S/c1-3-30-17-9-13(8-16(23)20(17)31-4-2)10-18-21(28)26(22(29)32-18)12-19(27)25-15-7-5-6-14(24)11-15/h5-11H,3-4,12H2,1-2H3,(H,25,27)/b18-10+. The number of anilines is 1. The zero-order valence-corrected chi connectivity index (χ0v) is 19.7. The third-order valence-corrected chi connectivity index (χ3v) is 5.70. The summed E-state index contributed by atoms with van der Waals surface area (Å²) < 4.78 is 25.2. The third-order valence-electron chi connectivity index (χ3n) is 4.20. The van der Waals surface area contributed by atoms with E-state index in [1.54, 1.807) is 18.2 Å². The first-order chi connectivity index (χ1) is 15.3. The molecule has 0 spiro atoms. The minimum Gasteiger partial charge on any atom is -0.490 e. The molecule has 10 heteroatoms. The van der Waals surface area contributed by atoms with Crippen molar-refractivity contribution in [1.82, 2.24) is 4.90 Å². The Labute approximate surface area is 197 Å². The van der Waals surface area contributed by atoms with Crippen molar-refractivity contribution in [2.45, 2.75) is 13.8 Å². The van der Waals surface area contributed by atoms with Gasteiger partial charge in [-0.3, -0.25) is 19.3 Å². The van der Waals surface area contributed by atoms with Crippen LogP contribution in [0.2, 0.25) is 0 Å². The van der Waals surface area contributed by atoms with Crippen LogP contribution in [0.5, 0.6) is 11.5 Å². The number of amides is 3. The van der Waals surface area contributed by atoms with Crippen molar-refractivity contribution in [3.05, 3.63) is 57.2 Å². The van der Waals surface area contributed by atoms with Crippen LogP contribution in [0, 0.1) is 5.82 Å². The molecule has 2 aromatic carbocycles. The topological polar surface area (TPSA) is 84.9 Å². The van der Waals surface area contributed by atoms with Gasteiger partial charge in [-0.05, 0) is 83.5 Å². The Morgan fingerprint density at radius 2 is 1.94 bits per heavy atom. The summed E-state index contributed by atoms with van der Waals surface area (Å²) in [6, 6.07) is 8.80. The SMILES string of the molecule is CCOc1cc(/C=C2/SC(=O)N(CC(=O)Nc3cccc(F)c3)C2=O)cc(Br)c1OCC. The lowest BCUT2D eigenvalue weighted by Crippen LogP contribution is -2.36. The highest BCUT2D eigenvalue weighted by atomic mass is 79.9. The number of nitrogens with one attached hydrogen (secondary N) is 1. The molecule has 3 amide bonds. The predicted octanol–water partition coefficient (Wildman–Crippen LogP) is 5.06. The summed E-state index contributed by atoms with van der Waals surface area (Å²) >= 11 is 4.18. The average molecular weight is 523 g/mol. The molecule has 168 valence electrons. The van der Waals surface area contributed by atoms with Crippen molar-refractivity contribution >= 4 is 56.5 Å². The molecule has 0 saturated carbocycles. The van der Waals surface area contributed by atoms with E-state index in [0.717, 1.165) is 22.7 Å². The number of thioether (sulfide) groups is 1. The van der Waals surface area contributed by atoms with Gasteiger partial charge >= 0.3 is 0 Å². The smallest absolute Gasteiger partial charge is 0.294 e. The molecule has 0 unspecified atom stereocenters. The Morgan fingerprint density at radius 3 is 2.62 bits per heavy atom. The van der Waals surface area contributed by atoms with E-state index >= 15 is 0 Å². The highest BCUT2D eigenvalue weighted by Gasteiger charge is 2.36. The molecule has 1 aliphatic rings. The zero-order valence-electron chi connectivity index (χ0n) is 17.3. The summed E-state index contributed by atoms with van der Waals surface area (Å²) in [5.74, 6) is -0.652. The van der Waals surface area contributed by atoms with Crippen LogP contribution in [0.15, 0.2) is 45.8 Å². The normalized spacial score (nSPS) is 14.8. The van der Waals surface area contributed by atoms with Crippen LogP contribution in [-0.4, -0.2) is 41.7 Å². The van der Waals surface area contributed by atoms with Gasteiger partial charge in [0, 0.05) is 5.69 Å². The number of carbonyl (C=O) groups excluding carboxylic acids is 3. The highest BCUT2D eigenvalue weighted by molar-refractivity contribution is 9.10. The number of nitrogens with zero attached hydrogens (tertiary/aromatic N) is 1. The first-order valence-electron chi connectivity index (χ1n) is 9.72. The van der Waals surface area contributed by atoms with Gasteiger partial charge in [0.15, 0.2) is 11.5 Å². The van der Waals surface area contributed by atoms with Gasteiger partial charge < -0.3 is 14.8 Å². The molecule has 2 aromatic rings. The first kappa shape index (κ1) is 23.8. The molecular weight excluding hydrogens is 503 g/mol. The molecule has 1 fully saturated rings. The van der Waals surface area contributed by atoms with Crippen molar-refractivity contribution in [3.8, 4) is 11.5 Å². The molecule has 32 heavy (non-hydrogen) atoms. The van der Waals surface area contributed by atoms with Gasteiger partial charge in [-0.15, -0.1) is 0 Å². The van der Waals surface area contributed by atoms with Crippen LogP contribution in [0.1, 0.15) is 19.4 Å². The van der Waals surface area contributed by atoms with Crippen LogP contribution in [0.25, 0.3) is 6.08 Å². The number of benzene rings is 2. The number of rotatable bonds is 8. The predicted molar refractivity (Wildman–Crippen MR) is 124 cm³/mol. The lowest BCUT2D eigenvalue weighted by Gasteiger charge is -2.14. The Kier molecular flexibility index (Phi) is 7.92. The summed E-state index contributed by atoms with van der Waals surface area (Å²) in [4.78, 5) is 38.3. The van der Waals surface area contributed by atoms with Crippen molar-refractivity contribution < 1.29 is 28.2 Å². The largest absolute Gasteiger partial charge is 0.490 e. The van der Waals surface area contributed by atoms with Crippen LogP contribution in [-0.2, 0) is 9.59 Å². The quantitative estimate of drug-likeness (QED) is 0.487.